The molecule has 6 nitrogen and oxygen atoms in total. The molecule has 0 saturated carbocycles. The van der Waals surface area contributed by atoms with Crippen molar-refractivity contribution in [2.24, 2.45) is 10.5 Å². The number of urea groups is 1. The third-order valence-corrected chi connectivity index (χ3v) is 7.40. The van der Waals surface area contributed by atoms with Crippen LogP contribution in [0.15, 0.2) is 52.0 Å². The minimum atomic E-state index is -4.60. The predicted octanol–water partition coefficient (Wildman–Crippen LogP) is 8.07. The van der Waals surface area contributed by atoms with Gasteiger partial charge in [0.2, 0.25) is 0 Å². The number of carbonyl (C=O) groups excluding carboxylic acids is 2. The van der Waals surface area contributed by atoms with Crippen molar-refractivity contribution in [3.63, 3.8) is 0 Å². The van der Waals surface area contributed by atoms with Gasteiger partial charge in [0, 0.05) is 9.89 Å². The van der Waals surface area contributed by atoms with Crippen molar-refractivity contribution in [1.82, 2.24) is 5.01 Å². The zero-order valence-corrected chi connectivity index (χ0v) is 23.6. The summed E-state index contributed by atoms with van der Waals surface area (Å²) < 4.78 is 45.7. The van der Waals surface area contributed by atoms with Crippen molar-refractivity contribution in [3.05, 3.63) is 63.1 Å². The van der Waals surface area contributed by atoms with Crippen LogP contribution in [0.5, 0.6) is 0 Å². The lowest BCUT2D eigenvalue weighted by Gasteiger charge is -2.28. The summed E-state index contributed by atoms with van der Waals surface area (Å²) in [6.45, 7) is 3.72. The Labute approximate surface area is 231 Å². The number of hydrazone groups is 1. The standard InChI is InChI=1S/C25H26BrClF3N3O3S/c1-4-36-23(35)33(18-9-7-17(26)8-10-18)22(34)32-15-24(2,12-5-13-37-3)21(31-32)16-6-11-19(20(27)14-16)25(28,29)30/h6-11,14H,4-5,12-13,15H2,1-3H3. The first-order valence-corrected chi connectivity index (χ1v) is 14.0. The number of hydrogen-bond acceptors (Lipinski definition) is 5. The fraction of sp³-hybridized carbons (Fsp3) is 0.400. The van der Waals surface area contributed by atoms with Crippen molar-refractivity contribution >= 4 is 62.8 Å². The van der Waals surface area contributed by atoms with E-state index >= 15 is 0 Å². The topological polar surface area (TPSA) is 62.2 Å². The van der Waals surface area contributed by atoms with Crippen molar-refractivity contribution in [1.29, 1.82) is 0 Å². The van der Waals surface area contributed by atoms with Gasteiger partial charge >= 0.3 is 18.3 Å². The van der Waals surface area contributed by atoms with E-state index in [1.807, 2.05) is 13.2 Å². The summed E-state index contributed by atoms with van der Waals surface area (Å²) in [5.41, 5.74) is -0.535. The first kappa shape index (κ1) is 29.3. The van der Waals surface area contributed by atoms with E-state index in [-0.39, 0.29) is 18.8 Å². The summed E-state index contributed by atoms with van der Waals surface area (Å²) in [5.74, 6) is 0.860. The quantitative estimate of drug-likeness (QED) is 0.294. The van der Waals surface area contributed by atoms with E-state index in [1.165, 1.54) is 17.1 Å². The van der Waals surface area contributed by atoms with Gasteiger partial charge in [0.05, 0.1) is 35.1 Å². The van der Waals surface area contributed by atoms with Crippen molar-refractivity contribution in [3.8, 4) is 0 Å². The number of rotatable bonds is 7. The fourth-order valence-corrected chi connectivity index (χ4v) is 5.07. The van der Waals surface area contributed by atoms with Crippen molar-refractivity contribution in [2.75, 3.05) is 30.1 Å². The third-order valence-electron chi connectivity index (χ3n) is 5.86. The van der Waals surface area contributed by atoms with E-state index in [0.717, 1.165) is 27.6 Å². The molecule has 1 unspecified atom stereocenters. The molecule has 1 aliphatic heterocycles. The molecule has 1 atom stereocenters. The van der Waals surface area contributed by atoms with Gasteiger partial charge in [-0.25, -0.2) is 14.6 Å². The highest BCUT2D eigenvalue weighted by atomic mass is 79.9. The molecule has 0 aliphatic carbocycles. The Morgan fingerprint density at radius 1 is 1.24 bits per heavy atom. The molecular formula is C25H26BrClF3N3O3S. The molecule has 12 heteroatoms. The molecule has 3 rings (SSSR count). The van der Waals surface area contributed by atoms with Crippen LogP contribution in [0.1, 0.15) is 37.8 Å². The van der Waals surface area contributed by atoms with Gasteiger partial charge in [0.15, 0.2) is 0 Å². The number of ether oxygens (including phenoxy) is 1. The van der Waals surface area contributed by atoms with E-state index in [9.17, 15) is 22.8 Å². The molecule has 37 heavy (non-hydrogen) atoms. The van der Waals surface area contributed by atoms with Gasteiger partial charge in [-0.15, -0.1) is 0 Å². The minimum absolute atomic E-state index is 0.0596. The molecule has 0 saturated heterocycles. The summed E-state index contributed by atoms with van der Waals surface area (Å²) >= 11 is 11.0. The van der Waals surface area contributed by atoms with Crippen LogP contribution in [0.4, 0.5) is 28.4 Å². The van der Waals surface area contributed by atoms with Crippen LogP contribution in [0.25, 0.3) is 0 Å². The Hall–Kier alpha value is -2.24. The molecule has 0 fully saturated rings. The molecule has 0 spiro atoms. The number of thioether (sulfide) groups is 1. The molecular weight excluding hydrogens is 595 g/mol. The van der Waals surface area contributed by atoms with Gasteiger partial charge in [0.25, 0.3) is 0 Å². The molecule has 1 aliphatic rings. The molecule has 0 radical (unpaired) electrons. The van der Waals surface area contributed by atoms with Crippen LogP contribution in [0, 0.1) is 5.41 Å². The van der Waals surface area contributed by atoms with Crippen LogP contribution in [0.2, 0.25) is 5.02 Å². The Balaban J connectivity index is 2.04. The van der Waals surface area contributed by atoms with Crippen LogP contribution < -0.4 is 4.90 Å². The molecule has 0 N–H and O–H groups in total. The number of nitrogens with zero attached hydrogens (tertiary/aromatic N) is 3. The SMILES string of the molecule is CCOC(=O)N(C(=O)N1CC(C)(CCCSC)C(c2ccc(C(F)(F)F)c(Cl)c2)=N1)c1ccc(Br)cc1. The highest BCUT2D eigenvalue weighted by Crippen LogP contribution is 2.40. The van der Waals surface area contributed by atoms with Gasteiger partial charge in [-0.3, -0.25) is 0 Å². The number of hydrogen-bond donors (Lipinski definition) is 0. The van der Waals surface area contributed by atoms with Gasteiger partial charge in [-0.1, -0.05) is 40.5 Å². The van der Waals surface area contributed by atoms with Crippen LogP contribution in [0.3, 0.4) is 0 Å². The number of amides is 3. The summed E-state index contributed by atoms with van der Waals surface area (Å²) in [6, 6.07) is 9.27. The molecule has 0 aromatic heterocycles. The first-order chi connectivity index (χ1) is 17.4. The lowest BCUT2D eigenvalue weighted by atomic mass is 9.78. The number of anilines is 1. The van der Waals surface area contributed by atoms with Gasteiger partial charge < -0.3 is 4.74 Å². The maximum Gasteiger partial charge on any atom is 0.422 e. The monoisotopic (exact) mass is 619 g/mol. The van der Waals surface area contributed by atoms with E-state index in [4.69, 9.17) is 16.3 Å². The van der Waals surface area contributed by atoms with Crippen LogP contribution in [-0.4, -0.2) is 48.0 Å². The summed E-state index contributed by atoms with van der Waals surface area (Å²) in [4.78, 5) is 27.3. The molecule has 0 bridgehead atoms. The molecule has 1 heterocycles. The van der Waals surface area contributed by atoms with E-state index < -0.39 is 34.3 Å². The lowest BCUT2D eigenvalue weighted by Crippen LogP contribution is -2.45. The second kappa shape index (κ2) is 12.1. The second-order valence-electron chi connectivity index (χ2n) is 8.65. The predicted molar refractivity (Wildman–Crippen MR) is 144 cm³/mol. The average Bonchev–Trinajstić information content (AvgIpc) is 3.17. The largest absolute Gasteiger partial charge is 0.449 e. The molecule has 3 amide bonds. The Bertz CT molecular complexity index is 1180. The normalized spacial score (nSPS) is 17.5. The van der Waals surface area contributed by atoms with Gasteiger partial charge in [-0.05, 0) is 73.7 Å². The van der Waals surface area contributed by atoms with E-state index in [0.29, 0.717) is 17.7 Å². The van der Waals surface area contributed by atoms with E-state index in [2.05, 4.69) is 21.0 Å². The maximum atomic E-state index is 13.6. The summed E-state index contributed by atoms with van der Waals surface area (Å²) in [5, 5.41) is 5.24. The number of imide groups is 1. The fourth-order valence-electron chi connectivity index (χ4n) is 4.08. The second-order valence-corrected chi connectivity index (χ2v) is 11.0. The Morgan fingerprint density at radius 3 is 2.49 bits per heavy atom. The molecule has 2 aromatic rings. The minimum Gasteiger partial charge on any atom is -0.449 e. The Kier molecular flexibility index (Phi) is 9.57. The average molecular weight is 621 g/mol. The van der Waals surface area contributed by atoms with Crippen LogP contribution in [-0.2, 0) is 10.9 Å². The number of alkyl halides is 3. The number of carbonyl (C=O) groups is 2. The first-order valence-electron chi connectivity index (χ1n) is 11.4. The third kappa shape index (κ3) is 6.80. The van der Waals surface area contributed by atoms with Gasteiger partial charge in [0.1, 0.15) is 0 Å². The summed E-state index contributed by atoms with van der Waals surface area (Å²) in [6.07, 6.45) is -2.07. The highest BCUT2D eigenvalue weighted by Gasteiger charge is 2.44. The van der Waals surface area contributed by atoms with Gasteiger partial charge in [-0.2, -0.15) is 34.9 Å². The highest BCUT2D eigenvalue weighted by molar-refractivity contribution is 9.10. The number of benzene rings is 2. The van der Waals surface area contributed by atoms with E-state index in [1.54, 1.807) is 43.0 Å². The Morgan fingerprint density at radius 2 is 1.92 bits per heavy atom. The summed E-state index contributed by atoms with van der Waals surface area (Å²) in [7, 11) is 0. The van der Waals surface area contributed by atoms with Crippen LogP contribution >= 0.6 is 39.3 Å². The lowest BCUT2D eigenvalue weighted by molar-refractivity contribution is -0.137. The zero-order valence-electron chi connectivity index (χ0n) is 20.4. The molecule has 200 valence electrons. The smallest absolute Gasteiger partial charge is 0.422 e. The number of halogens is 5. The van der Waals surface area contributed by atoms with Crippen molar-refractivity contribution in [2.45, 2.75) is 32.9 Å². The maximum absolute atomic E-state index is 13.6. The molecule has 2 aromatic carbocycles. The van der Waals surface area contributed by atoms with Crippen molar-refractivity contribution < 1.29 is 27.5 Å². The zero-order chi connectivity index (χ0) is 27.4.